The van der Waals surface area contributed by atoms with Gasteiger partial charge in [-0.1, -0.05) is 38.1 Å². The summed E-state index contributed by atoms with van der Waals surface area (Å²) in [4.78, 5) is 53.7. The minimum Gasteiger partial charge on any atom is -0.507 e. The van der Waals surface area contributed by atoms with Crippen LogP contribution in [0.3, 0.4) is 0 Å². The summed E-state index contributed by atoms with van der Waals surface area (Å²) >= 11 is 0. The molecule has 34 heavy (non-hydrogen) atoms. The van der Waals surface area contributed by atoms with E-state index in [1.807, 2.05) is 19.1 Å². The van der Waals surface area contributed by atoms with Gasteiger partial charge in [0, 0.05) is 23.9 Å². The third-order valence-electron chi connectivity index (χ3n) is 8.89. The minimum atomic E-state index is -1.18. The zero-order valence-electron chi connectivity index (χ0n) is 20.3. The number of phenolic OH excluding ortho intramolecular Hbond substituents is 1. The zero-order valence-corrected chi connectivity index (χ0v) is 20.3. The fourth-order valence-electron chi connectivity index (χ4n) is 6.57. The number of aryl methyl sites for hydroxylation is 1. The summed E-state index contributed by atoms with van der Waals surface area (Å²) in [5.74, 6) is -0.829. The van der Waals surface area contributed by atoms with Crippen LogP contribution in [0.5, 0.6) is 5.75 Å². The Bertz CT molecular complexity index is 1480. The SMILES string of the molecule is CC1=C(C)C(=O)C2(C)C(c3cccc(C)c3O)C3=CCn4c(=O)n(C)c(=O)n4C3CC2(C)C1=O. The Kier molecular flexibility index (Phi) is 4.48. The number of carbonyl (C=O) groups is 2. The number of aromatic hydroxyl groups is 1. The Hall–Kier alpha value is -3.42. The van der Waals surface area contributed by atoms with Gasteiger partial charge in [0.1, 0.15) is 5.75 Å². The van der Waals surface area contributed by atoms with Crippen LogP contribution >= 0.6 is 0 Å². The first kappa shape index (κ1) is 22.4. The average Bonchev–Trinajstić information content (AvgIpc) is 3.03. The van der Waals surface area contributed by atoms with Crippen molar-refractivity contribution in [3.05, 3.63) is 73.1 Å². The summed E-state index contributed by atoms with van der Waals surface area (Å²) in [6, 6.07) is 4.81. The molecule has 178 valence electrons. The van der Waals surface area contributed by atoms with Crippen molar-refractivity contribution in [2.24, 2.45) is 17.9 Å². The lowest BCUT2D eigenvalue weighted by molar-refractivity contribution is -0.151. The molecular weight excluding hydrogens is 434 g/mol. The number of phenols is 1. The molecule has 0 saturated heterocycles. The van der Waals surface area contributed by atoms with Crippen LogP contribution in [0.1, 0.15) is 57.2 Å². The topological polar surface area (TPSA) is 103 Å². The average molecular weight is 464 g/mol. The van der Waals surface area contributed by atoms with Crippen molar-refractivity contribution < 1.29 is 14.7 Å². The quantitative estimate of drug-likeness (QED) is 0.655. The monoisotopic (exact) mass is 463 g/mol. The third kappa shape index (κ3) is 2.38. The number of rotatable bonds is 1. The van der Waals surface area contributed by atoms with E-state index in [9.17, 15) is 24.3 Å². The van der Waals surface area contributed by atoms with Crippen molar-refractivity contribution in [2.75, 3.05) is 0 Å². The summed E-state index contributed by atoms with van der Waals surface area (Å²) in [7, 11) is 1.44. The molecule has 1 saturated carbocycles. The number of fused-ring (bicyclic) bond motifs is 4. The maximum absolute atomic E-state index is 14.0. The molecule has 4 unspecified atom stereocenters. The molecule has 2 aromatic rings. The lowest BCUT2D eigenvalue weighted by Crippen LogP contribution is -2.61. The van der Waals surface area contributed by atoms with E-state index >= 15 is 0 Å². The van der Waals surface area contributed by atoms with Crippen LogP contribution in [0.2, 0.25) is 0 Å². The number of hydrogen-bond donors (Lipinski definition) is 1. The molecule has 8 nitrogen and oxygen atoms in total. The van der Waals surface area contributed by atoms with E-state index in [0.717, 1.165) is 10.1 Å². The Morgan fingerprint density at radius 2 is 1.62 bits per heavy atom. The predicted molar refractivity (Wildman–Crippen MR) is 126 cm³/mol. The van der Waals surface area contributed by atoms with Crippen LogP contribution in [0.4, 0.5) is 0 Å². The van der Waals surface area contributed by atoms with Crippen LogP contribution in [0, 0.1) is 17.8 Å². The first-order valence-electron chi connectivity index (χ1n) is 11.5. The Morgan fingerprint density at radius 3 is 2.29 bits per heavy atom. The molecule has 0 bridgehead atoms. The molecule has 1 N–H and O–H groups in total. The molecule has 8 heteroatoms. The number of hydrogen-bond acceptors (Lipinski definition) is 5. The maximum atomic E-state index is 14.0. The van der Waals surface area contributed by atoms with E-state index in [0.29, 0.717) is 22.3 Å². The highest BCUT2D eigenvalue weighted by atomic mass is 16.3. The Morgan fingerprint density at radius 1 is 0.971 bits per heavy atom. The van der Waals surface area contributed by atoms with Crippen molar-refractivity contribution in [3.63, 3.8) is 0 Å². The van der Waals surface area contributed by atoms with Crippen LogP contribution < -0.4 is 11.4 Å². The highest BCUT2D eigenvalue weighted by molar-refractivity contribution is 6.17. The minimum absolute atomic E-state index is 0.0742. The summed E-state index contributed by atoms with van der Waals surface area (Å²) in [5, 5.41) is 11.1. The van der Waals surface area contributed by atoms with E-state index in [1.165, 1.54) is 16.4 Å². The Balaban J connectivity index is 1.89. The molecule has 0 spiro atoms. The lowest BCUT2D eigenvalue weighted by Gasteiger charge is -2.58. The van der Waals surface area contributed by atoms with Gasteiger partial charge in [0.15, 0.2) is 11.6 Å². The van der Waals surface area contributed by atoms with E-state index < -0.39 is 34.2 Å². The molecule has 0 radical (unpaired) electrons. The molecule has 1 aliphatic heterocycles. The fraction of sp³-hybridized carbons (Fsp3) is 0.462. The van der Waals surface area contributed by atoms with E-state index in [2.05, 4.69) is 0 Å². The molecule has 1 fully saturated rings. The van der Waals surface area contributed by atoms with Gasteiger partial charge < -0.3 is 5.11 Å². The smallest absolute Gasteiger partial charge is 0.347 e. The molecule has 2 aliphatic carbocycles. The second-order valence-electron chi connectivity index (χ2n) is 10.4. The van der Waals surface area contributed by atoms with E-state index in [-0.39, 0.29) is 30.3 Å². The van der Waals surface area contributed by atoms with E-state index in [1.54, 1.807) is 39.8 Å². The van der Waals surface area contributed by atoms with Crippen molar-refractivity contribution >= 4 is 11.6 Å². The second kappa shape index (κ2) is 6.81. The summed E-state index contributed by atoms with van der Waals surface area (Å²) in [6.45, 7) is 8.95. The molecule has 0 amide bonds. The molecule has 3 aliphatic rings. The normalized spacial score (nSPS) is 30.6. The van der Waals surface area contributed by atoms with E-state index in [4.69, 9.17) is 0 Å². The number of aromatic nitrogens is 3. The highest BCUT2D eigenvalue weighted by Crippen LogP contribution is 2.66. The zero-order chi connectivity index (χ0) is 24.9. The largest absolute Gasteiger partial charge is 0.507 e. The standard InChI is InChI=1S/C26H29N3O5/c1-13-8-7-9-17(20(13)30)19-16-10-11-28-23(33)27(6)24(34)29(28)18(16)12-25(4)21(31)14(2)15(3)22(32)26(19,25)5/h7-10,18-19,30H,11-12H2,1-6H3. The molecule has 1 aromatic carbocycles. The summed E-state index contributed by atoms with van der Waals surface area (Å²) in [5.41, 5.74) is -0.353. The van der Waals surface area contributed by atoms with Gasteiger partial charge in [-0.2, -0.15) is 0 Å². The van der Waals surface area contributed by atoms with Gasteiger partial charge in [0.2, 0.25) is 0 Å². The predicted octanol–water partition coefficient (Wildman–Crippen LogP) is 2.53. The first-order valence-corrected chi connectivity index (χ1v) is 11.5. The number of ketones is 2. The Labute approximate surface area is 196 Å². The second-order valence-corrected chi connectivity index (χ2v) is 10.4. The summed E-state index contributed by atoms with van der Waals surface area (Å²) < 4.78 is 3.88. The third-order valence-corrected chi connectivity index (χ3v) is 8.89. The van der Waals surface area contributed by atoms with Gasteiger partial charge in [-0.05, 0) is 49.5 Å². The molecule has 1 aromatic heterocycles. The number of benzene rings is 1. The van der Waals surface area contributed by atoms with Crippen molar-refractivity contribution in [1.82, 2.24) is 13.9 Å². The summed E-state index contributed by atoms with van der Waals surface area (Å²) in [6.07, 6.45) is 2.10. The van der Waals surface area contributed by atoms with Gasteiger partial charge in [0.05, 0.1) is 18.0 Å². The van der Waals surface area contributed by atoms with Crippen molar-refractivity contribution in [2.45, 2.75) is 59.5 Å². The molecule has 4 atom stereocenters. The first-order chi connectivity index (χ1) is 15.9. The van der Waals surface area contributed by atoms with Crippen molar-refractivity contribution in [1.29, 1.82) is 0 Å². The molecule has 5 rings (SSSR count). The van der Waals surface area contributed by atoms with Gasteiger partial charge in [-0.3, -0.25) is 9.59 Å². The number of Topliss-reactive ketones (excluding diaryl/α,β-unsaturated/α-hetero) is 2. The highest BCUT2D eigenvalue weighted by Gasteiger charge is 2.67. The van der Waals surface area contributed by atoms with Gasteiger partial charge in [-0.15, -0.1) is 0 Å². The van der Waals surface area contributed by atoms with Gasteiger partial charge in [0.25, 0.3) is 0 Å². The van der Waals surface area contributed by atoms with Crippen LogP contribution in [-0.4, -0.2) is 30.6 Å². The number of nitrogens with zero attached hydrogens (tertiary/aromatic N) is 3. The lowest BCUT2D eigenvalue weighted by atomic mass is 9.43. The number of carbonyl (C=O) groups excluding carboxylic acids is 2. The molecule has 2 heterocycles. The number of allylic oxidation sites excluding steroid dienone is 4. The van der Waals surface area contributed by atoms with Crippen LogP contribution in [0.25, 0.3) is 0 Å². The number of para-hydroxylation sites is 1. The van der Waals surface area contributed by atoms with Gasteiger partial charge >= 0.3 is 11.4 Å². The molecular formula is C26H29N3O5. The maximum Gasteiger partial charge on any atom is 0.347 e. The van der Waals surface area contributed by atoms with Crippen LogP contribution in [0.15, 0.2) is 50.6 Å². The van der Waals surface area contributed by atoms with Crippen molar-refractivity contribution in [3.8, 4) is 5.75 Å². The fourth-order valence-corrected chi connectivity index (χ4v) is 6.57. The van der Waals surface area contributed by atoms with Crippen LogP contribution in [-0.2, 0) is 23.2 Å². The van der Waals surface area contributed by atoms with Gasteiger partial charge in [-0.25, -0.2) is 23.5 Å².